The molecule has 0 bridgehead atoms. The molecule has 8 nitrogen and oxygen atoms in total. The molecule has 2 aliphatic heterocycles. The van der Waals surface area contributed by atoms with Crippen molar-refractivity contribution in [2.75, 3.05) is 0 Å². The SMILES string of the molecule is CC1(C)OB([C@@H]2C[C@H]2C(=O)O)OC1(C)C.CC1(C)OB([C@H]2C[C@@H]2C(=O)O)OC1(C)C. The van der Waals surface area contributed by atoms with Gasteiger partial charge in [-0.05, 0) is 68.2 Å². The summed E-state index contributed by atoms with van der Waals surface area (Å²) < 4.78 is 23.1. The van der Waals surface area contributed by atoms with Gasteiger partial charge in [0.25, 0.3) is 0 Å². The fourth-order valence-corrected chi connectivity index (χ4v) is 3.73. The number of hydrogen-bond acceptors (Lipinski definition) is 6. The fourth-order valence-electron chi connectivity index (χ4n) is 3.73. The molecule has 4 fully saturated rings. The summed E-state index contributed by atoms with van der Waals surface area (Å²) >= 11 is 0. The molecule has 2 saturated carbocycles. The van der Waals surface area contributed by atoms with Crippen LogP contribution in [0.15, 0.2) is 0 Å². The number of carboxylic acid groups (broad SMARTS) is 2. The molecule has 0 amide bonds. The average Bonchev–Trinajstić information content (AvgIpc) is 3.44. The highest BCUT2D eigenvalue weighted by molar-refractivity contribution is 6.50. The van der Waals surface area contributed by atoms with Crippen LogP contribution in [0.1, 0.15) is 68.2 Å². The Balaban J connectivity index is 0.000000171. The van der Waals surface area contributed by atoms with Crippen molar-refractivity contribution < 1.29 is 38.4 Å². The number of carbonyl (C=O) groups is 2. The second-order valence-corrected chi connectivity index (χ2v) is 10.9. The molecular formula is C20H34B2O8. The first-order chi connectivity index (χ1) is 13.5. The average molecular weight is 424 g/mol. The largest absolute Gasteiger partial charge is 0.481 e. The van der Waals surface area contributed by atoms with Gasteiger partial charge in [0.1, 0.15) is 0 Å². The molecule has 2 heterocycles. The second kappa shape index (κ2) is 7.22. The summed E-state index contributed by atoms with van der Waals surface area (Å²) in [6.07, 6.45) is 1.35. The van der Waals surface area contributed by atoms with Crippen LogP contribution in [-0.2, 0) is 28.2 Å². The topological polar surface area (TPSA) is 112 Å². The lowest BCUT2D eigenvalue weighted by Gasteiger charge is -2.32. The Labute approximate surface area is 179 Å². The van der Waals surface area contributed by atoms with Gasteiger partial charge in [-0.15, -0.1) is 0 Å². The van der Waals surface area contributed by atoms with E-state index < -0.39 is 11.9 Å². The minimum Gasteiger partial charge on any atom is -0.481 e. The van der Waals surface area contributed by atoms with Gasteiger partial charge in [0.15, 0.2) is 0 Å². The molecular weight excluding hydrogens is 390 g/mol. The molecule has 2 N–H and O–H groups in total. The second-order valence-electron chi connectivity index (χ2n) is 10.9. The van der Waals surface area contributed by atoms with Crippen LogP contribution in [0.25, 0.3) is 0 Å². The third-order valence-corrected chi connectivity index (χ3v) is 7.56. The van der Waals surface area contributed by atoms with Gasteiger partial charge in [-0.3, -0.25) is 9.59 Å². The van der Waals surface area contributed by atoms with Crippen LogP contribution in [0, 0.1) is 11.8 Å². The zero-order valence-corrected chi connectivity index (χ0v) is 19.2. The zero-order valence-electron chi connectivity index (χ0n) is 19.2. The molecule has 4 rings (SSSR count). The van der Waals surface area contributed by atoms with Gasteiger partial charge in [-0.25, -0.2) is 0 Å². The van der Waals surface area contributed by atoms with E-state index in [0.29, 0.717) is 12.8 Å². The molecule has 0 radical (unpaired) electrons. The van der Waals surface area contributed by atoms with Gasteiger partial charge < -0.3 is 28.8 Å². The molecule has 4 atom stereocenters. The summed E-state index contributed by atoms with van der Waals surface area (Å²) in [5.74, 6) is -1.98. The van der Waals surface area contributed by atoms with E-state index in [-0.39, 0.29) is 60.1 Å². The molecule has 4 aliphatic rings. The molecule has 0 aromatic heterocycles. The van der Waals surface area contributed by atoms with Gasteiger partial charge in [-0.2, -0.15) is 0 Å². The predicted molar refractivity (Wildman–Crippen MR) is 111 cm³/mol. The third-order valence-electron chi connectivity index (χ3n) is 7.56. The maximum Gasteiger partial charge on any atom is 0.462 e. The van der Waals surface area contributed by atoms with Crippen molar-refractivity contribution in [1.82, 2.24) is 0 Å². The highest BCUT2D eigenvalue weighted by Crippen LogP contribution is 2.54. The van der Waals surface area contributed by atoms with Crippen molar-refractivity contribution in [3.05, 3.63) is 0 Å². The Kier molecular flexibility index (Phi) is 5.67. The Morgan fingerprint density at radius 3 is 1.03 bits per heavy atom. The van der Waals surface area contributed by atoms with Crippen LogP contribution >= 0.6 is 0 Å². The first-order valence-electron chi connectivity index (χ1n) is 10.7. The Hall–Kier alpha value is -1.09. The van der Waals surface area contributed by atoms with Crippen molar-refractivity contribution >= 4 is 26.2 Å². The number of rotatable bonds is 4. The number of hydrogen-bond donors (Lipinski definition) is 2. The lowest BCUT2D eigenvalue weighted by Crippen LogP contribution is -2.41. The molecule has 30 heavy (non-hydrogen) atoms. The Morgan fingerprint density at radius 1 is 0.633 bits per heavy atom. The van der Waals surface area contributed by atoms with Gasteiger partial charge in [0.05, 0.1) is 34.2 Å². The Morgan fingerprint density at radius 2 is 0.867 bits per heavy atom. The maximum atomic E-state index is 10.7. The van der Waals surface area contributed by atoms with E-state index in [4.69, 9.17) is 28.8 Å². The molecule has 10 heteroatoms. The van der Waals surface area contributed by atoms with Crippen LogP contribution in [0.3, 0.4) is 0 Å². The number of carboxylic acids is 2. The van der Waals surface area contributed by atoms with E-state index in [2.05, 4.69) is 0 Å². The highest BCUT2D eigenvalue weighted by Gasteiger charge is 2.62. The lowest BCUT2D eigenvalue weighted by atomic mass is 9.80. The summed E-state index contributed by atoms with van der Waals surface area (Å²) in [5, 5.41) is 17.7. The monoisotopic (exact) mass is 424 g/mol. The van der Waals surface area contributed by atoms with Crippen molar-refractivity contribution in [1.29, 1.82) is 0 Å². The summed E-state index contributed by atoms with van der Waals surface area (Å²) in [6, 6.07) is 0. The first kappa shape index (κ1) is 23.6. The summed E-state index contributed by atoms with van der Waals surface area (Å²) in [5.41, 5.74) is -1.43. The lowest BCUT2D eigenvalue weighted by molar-refractivity contribution is -0.139. The first-order valence-corrected chi connectivity index (χ1v) is 10.7. The standard InChI is InChI=1S/2C10H17BO4/c2*1-9(2)10(3,4)15-11(14-9)7-5-6(7)8(12)13/h2*6-7H,5H2,1-4H3,(H,12,13)/t2*6-,7-/m10/s1. The minimum absolute atomic E-state index is 0.0311. The molecule has 0 spiro atoms. The van der Waals surface area contributed by atoms with Crippen molar-refractivity contribution in [2.45, 2.75) is 102 Å². The van der Waals surface area contributed by atoms with E-state index in [1.165, 1.54) is 0 Å². The quantitative estimate of drug-likeness (QED) is 0.663. The van der Waals surface area contributed by atoms with E-state index in [1.54, 1.807) is 0 Å². The van der Waals surface area contributed by atoms with Crippen LogP contribution in [-0.4, -0.2) is 58.8 Å². The van der Waals surface area contributed by atoms with E-state index in [1.807, 2.05) is 55.4 Å². The zero-order chi connectivity index (χ0) is 22.9. The normalized spacial score (nSPS) is 36.7. The fraction of sp³-hybridized carbons (Fsp3) is 0.900. The van der Waals surface area contributed by atoms with Crippen LogP contribution in [0.5, 0.6) is 0 Å². The van der Waals surface area contributed by atoms with Crippen molar-refractivity contribution in [3.8, 4) is 0 Å². The van der Waals surface area contributed by atoms with Crippen molar-refractivity contribution in [3.63, 3.8) is 0 Å². The molecule has 2 saturated heterocycles. The van der Waals surface area contributed by atoms with Gasteiger partial charge in [-0.1, -0.05) is 0 Å². The van der Waals surface area contributed by atoms with E-state index in [0.717, 1.165) is 0 Å². The van der Waals surface area contributed by atoms with Gasteiger partial charge in [0, 0.05) is 11.6 Å². The smallest absolute Gasteiger partial charge is 0.462 e. The summed E-state index contributed by atoms with van der Waals surface area (Å²) in [7, 11) is -0.702. The number of aliphatic carboxylic acids is 2. The summed E-state index contributed by atoms with van der Waals surface area (Å²) in [6.45, 7) is 15.8. The van der Waals surface area contributed by atoms with E-state index >= 15 is 0 Å². The van der Waals surface area contributed by atoms with Crippen LogP contribution < -0.4 is 0 Å². The third kappa shape index (κ3) is 4.29. The maximum absolute atomic E-state index is 10.7. The Bertz CT molecular complexity index is 628. The molecule has 0 aromatic carbocycles. The van der Waals surface area contributed by atoms with Crippen molar-refractivity contribution in [2.24, 2.45) is 11.8 Å². The summed E-state index contributed by atoms with van der Waals surface area (Å²) in [4.78, 5) is 21.5. The van der Waals surface area contributed by atoms with E-state index in [9.17, 15) is 9.59 Å². The minimum atomic E-state index is -0.741. The van der Waals surface area contributed by atoms with Crippen LogP contribution in [0.4, 0.5) is 0 Å². The molecule has 0 unspecified atom stereocenters. The molecule has 0 aromatic rings. The molecule has 2 aliphatic carbocycles. The van der Waals surface area contributed by atoms with Gasteiger partial charge in [0.2, 0.25) is 0 Å². The highest BCUT2D eigenvalue weighted by atomic mass is 16.7. The van der Waals surface area contributed by atoms with Crippen LogP contribution in [0.2, 0.25) is 11.6 Å². The predicted octanol–water partition coefficient (Wildman–Crippen LogP) is 3.11. The molecule has 168 valence electrons. The van der Waals surface area contributed by atoms with Gasteiger partial charge >= 0.3 is 26.2 Å².